The maximum absolute atomic E-state index is 13.2. The predicted octanol–water partition coefficient (Wildman–Crippen LogP) is 5.47. The topological polar surface area (TPSA) is 121 Å². The number of nitrogens with zero attached hydrogens (tertiary/aromatic N) is 5. The van der Waals surface area contributed by atoms with Crippen molar-refractivity contribution in [1.82, 2.24) is 19.1 Å². The summed E-state index contributed by atoms with van der Waals surface area (Å²) in [7, 11) is -3.67. The molecule has 41 heavy (non-hydrogen) atoms. The van der Waals surface area contributed by atoms with E-state index >= 15 is 0 Å². The van der Waals surface area contributed by atoms with E-state index in [9.17, 15) is 18.5 Å². The molecule has 0 bridgehead atoms. The molecule has 0 radical (unpaired) electrons. The molecular weight excluding hydrogens is 580 g/mol. The first kappa shape index (κ1) is 30.3. The molecule has 1 N–H and O–H groups in total. The number of amides is 1. The molecule has 4 aromatic rings. The summed E-state index contributed by atoms with van der Waals surface area (Å²) in [6.07, 6.45) is 0.678. The number of halogens is 1. The highest BCUT2D eigenvalue weighted by molar-refractivity contribution is 7.99. The van der Waals surface area contributed by atoms with Crippen molar-refractivity contribution in [2.75, 3.05) is 24.2 Å². The molecule has 0 aliphatic rings. The van der Waals surface area contributed by atoms with Gasteiger partial charge in [-0.1, -0.05) is 79.7 Å². The maximum atomic E-state index is 13.2. The average Bonchev–Trinajstić information content (AvgIpc) is 3.39. The third kappa shape index (κ3) is 7.34. The number of benzene rings is 3. The lowest BCUT2D eigenvalue weighted by Gasteiger charge is -2.19. The zero-order valence-corrected chi connectivity index (χ0v) is 25.0. The fourth-order valence-corrected chi connectivity index (χ4v) is 6.68. The van der Waals surface area contributed by atoms with Crippen molar-refractivity contribution in [1.29, 1.82) is 5.26 Å². The first-order valence-electron chi connectivity index (χ1n) is 13.0. The van der Waals surface area contributed by atoms with Gasteiger partial charge in [-0.25, -0.2) is 8.42 Å². The number of nitriles is 1. The molecule has 0 aliphatic heterocycles. The second-order valence-corrected chi connectivity index (χ2v) is 12.3. The molecule has 0 atom stereocenters. The van der Waals surface area contributed by atoms with E-state index in [2.05, 4.69) is 15.5 Å². The molecule has 12 heteroatoms. The summed E-state index contributed by atoms with van der Waals surface area (Å²) in [4.78, 5) is 13.0. The van der Waals surface area contributed by atoms with Gasteiger partial charge < -0.3 is 9.88 Å². The summed E-state index contributed by atoms with van der Waals surface area (Å²) in [5, 5.41) is 21.8. The highest BCUT2D eigenvalue weighted by Crippen LogP contribution is 2.28. The molecule has 9 nitrogen and oxygen atoms in total. The van der Waals surface area contributed by atoms with Crippen molar-refractivity contribution in [2.45, 2.75) is 36.9 Å². The molecule has 0 fully saturated rings. The quantitative estimate of drug-likeness (QED) is 0.212. The number of rotatable bonds is 12. The number of aryl methyl sites for hydroxylation is 1. The van der Waals surface area contributed by atoms with Gasteiger partial charge in [0.1, 0.15) is 6.07 Å². The average molecular weight is 609 g/mol. The molecule has 1 aromatic heterocycles. The molecule has 0 saturated heterocycles. The van der Waals surface area contributed by atoms with Gasteiger partial charge in [0.15, 0.2) is 11.0 Å². The Morgan fingerprint density at radius 1 is 1.05 bits per heavy atom. The smallest absolute Gasteiger partial charge is 0.243 e. The first-order chi connectivity index (χ1) is 19.8. The summed E-state index contributed by atoms with van der Waals surface area (Å²) in [6, 6.07) is 23.3. The van der Waals surface area contributed by atoms with Crippen LogP contribution in [0.3, 0.4) is 0 Å². The summed E-state index contributed by atoms with van der Waals surface area (Å²) < 4.78 is 29.7. The van der Waals surface area contributed by atoms with Gasteiger partial charge in [-0.15, -0.1) is 10.2 Å². The van der Waals surface area contributed by atoms with Gasteiger partial charge in [-0.2, -0.15) is 9.57 Å². The predicted molar refractivity (Wildman–Crippen MR) is 161 cm³/mol. The van der Waals surface area contributed by atoms with Crippen molar-refractivity contribution in [3.05, 3.63) is 88.9 Å². The molecule has 3 aromatic carbocycles. The lowest BCUT2D eigenvalue weighted by molar-refractivity contribution is -0.113. The highest BCUT2D eigenvalue weighted by Gasteiger charge is 2.23. The van der Waals surface area contributed by atoms with Gasteiger partial charge in [0, 0.05) is 30.2 Å². The summed E-state index contributed by atoms with van der Waals surface area (Å²) in [6.45, 7) is 4.85. The van der Waals surface area contributed by atoms with Gasteiger partial charge in [0.05, 0.1) is 21.9 Å². The van der Waals surface area contributed by atoms with E-state index in [0.29, 0.717) is 58.9 Å². The van der Waals surface area contributed by atoms with E-state index in [4.69, 9.17) is 11.6 Å². The fourth-order valence-electron chi connectivity index (χ4n) is 4.24. The van der Waals surface area contributed by atoms with Crippen molar-refractivity contribution < 1.29 is 13.2 Å². The minimum Gasteiger partial charge on any atom is -0.324 e. The second-order valence-electron chi connectivity index (χ2n) is 8.95. The van der Waals surface area contributed by atoms with Gasteiger partial charge in [0.2, 0.25) is 15.9 Å². The Balaban J connectivity index is 1.62. The molecule has 1 amide bonds. The number of carbonyl (C=O) groups is 1. The van der Waals surface area contributed by atoms with Crippen LogP contribution in [0.2, 0.25) is 5.02 Å². The number of carbonyl (C=O) groups excluding carboxylic acids is 1. The zero-order chi connectivity index (χ0) is 29.4. The van der Waals surface area contributed by atoms with E-state index in [1.54, 1.807) is 50.2 Å². The van der Waals surface area contributed by atoms with Crippen molar-refractivity contribution in [3.63, 3.8) is 0 Å². The van der Waals surface area contributed by atoms with Crippen LogP contribution in [0, 0.1) is 11.3 Å². The van der Waals surface area contributed by atoms with E-state index in [-0.39, 0.29) is 16.6 Å². The van der Waals surface area contributed by atoms with Gasteiger partial charge >= 0.3 is 0 Å². The summed E-state index contributed by atoms with van der Waals surface area (Å²) >= 11 is 7.24. The van der Waals surface area contributed by atoms with Crippen LogP contribution in [0.5, 0.6) is 0 Å². The van der Waals surface area contributed by atoms with E-state index in [0.717, 1.165) is 5.56 Å². The Bertz CT molecular complexity index is 1670. The number of hydrogen-bond acceptors (Lipinski definition) is 7. The summed E-state index contributed by atoms with van der Waals surface area (Å²) in [5.41, 5.74) is 2.36. The van der Waals surface area contributed by atoms with Crippen LogP contribution >= 0.6 is 23.4 Å². The van der Waals surface area contributed by atoms with Gasteiger partial charge in [-0.05, 0) is 42.3 Å². The largest absolute Gasteiger partial charge is 0.324 e. The van der Waals surface area contributed by atoms with Crippen molar-refractivity contribution >= 4 is 45.0 Å². The third-order valence-electron chi connectivity index (χ3n) is 6.33. The van der Waals surface area contributed by atoms with E-state index in [1.807, 2.05) is 41.0 Å². The number of nitrogens with one attached hydrogen (secondary N) is 1. The van der Waals surface area contributed by atoms with Crippen LogP contribution in [0.4, 0.5) is 5.69 Å². The lowest BCUT2D eigenvalue weighted by Crippen LogP contribution is -2.30. The molecule has 4 rings (SSSR count). The van der Waals surface area contributed by atoms with Crippen LogP contribution in [0.1, 0.15) is 25.0 Å². The molecule has 0 spiro atoms. The summed E-state index contributed by atoms with van der Waals surface area (Å²) in [5.74, 6) is 0.180. The monoisotopic (exact) mass is 608 g/mol. The minimum atomic E-state index is -3.67. The van der Waals surface area contributed by atoms with E-state index < -0.39 is 10.0 Å². The van der Waals surface area contributed by atoms with Gasteiger partial charge in [0.25, 0.3) is 0 Å². The Morgan fingerprint density at radius 2 is 1.80 bits per heavy atom. The molecule has 212 valence electrons. The molecule has 0 unspecified atom stereocenters. The van der Waals surface area contributed by atoms with Gasteiger partial charge in [-0.3, -0.25) is 4.79 Å². The van der Waals surface area contributed by atoms with Crippen LogP contribution < -0.4 is 5.32 Å². The standard InChI is InChI=1S/C29H29ClN6O3S2/c1-3-35(4-2)41(38,39)25-12-8-11-22(17-25)28-33-34-29(36(28)16-15-21-9-6-5-7-10-21)40-20-27(37)32-26-18-24(30)14-13-23(26)19-31/h5-14,17-18H,3-4,15-16,20H2,1-2H3,(H,32,37). The van der Waals surface area contributed by atoms with Crippen molar-refractivity contribution in [2.24, 2.45) is 0 Å². The normalized spacial score (nSPS) is 11.4. The third-order valence-corrected chi connectivity index (χ3v) is 9.58. The van der Waals surface area contributed by atoms with Crippen molar-refractivity contribution in [3.8, 4) is 17.5 Å². The number of thioether (sulfide) groups is 1. The molecule has 1 heterocycles. The Morgan fingerprint density at radius 3 is 2.51 bits per heavy atom. The number of anilines is 1. The van der Waals surface area contributed by atoms with Crippen LogP contribution in [0.25, 0.3) is 11.4 Å². The molecule has 0 aliphatic carbocycles. The highest BCUT2D eigenvalue weighted by atomic mass is 35.5. The SMILES string of the molecule is CCN(CC)S(=O)(=O)c1cccc(-c2nnc(SCC(=O)Nc3cc(Cl)ccc3C#N)n2CCc2ccccc2)c1. The molecule has 0 saturated carbocycles. The fraction of sp³-hybridized carbons (Fsp3) is 0.241. The zero-order valence-electron chi connectivity index (χ0n) is 22.6. The number of aromatic nitrogens is 3. The van der Waals surface area contributed by atoms with Crippen LogP contribution in [0.15, 0.2) is 82.8 Å². The van der Waals surface area contributed by atoms with E-state index in [1.165, 1.54) is 22.1 Å². The molecular formula is C29H29ClN6O3S2. The first-order valence-corrected chi connectivity index (χ1v) is 15.8. The number of sulfonamides is 1. The number of hydrogen-bond donors (Lipinski definition) is 1. The lowest BCUT2D eigenvalue weighted by atomic mass is 10.1. The van der Waals surface area contributed by atoms with Crippen LogP contribution in [-0.2, 0) is 27.8 Å². The van der Waals surface area contributed by atoms with Crippen LogP contribution in [-0.4, -0.2) is 52.2 Å². The maximum Gasteiger partial charge on any atom is 0.243 e. The Hall–Kier alpha value is -3.69. The Kier molecular flexibility index (Phi) is 10.2. The Labute approximate surface area is 249 Å². The minimum absolute atomic E-state index is 0.0111. The second kappa shape index (κ2) is 13.8.